The van der Waals surface area contributed by atoms with Crippen LogP contribution in [0.25, 0.3) is 11.3 Å². The first-order chi connectivity index (χ1) is 15.6. The quantitative estimate of drug-likeness (QED) is 0.456. The number of piperazine rings is 1. The smallest absolute Gasteiger partial charge is 0.167 e. The van der Waals surface area contributed by atoms with Crippen molar-refractivity contribution >= 4 is 0 Å². The van der Waals surface area contributed by atoms with Gasteiger partial charge < -0.3 is 24.0 Å². The highest BCUT2D eigenvalue weighted by Crippen LogP contribution is 2.22. The number of nitrogens with zero attached hydrogens (tertiary/aromatic N) is 5. The van der Waals surface area contributed by atoms with E-state index in [0.29, 0.717) is 18.1 Å². The van der Waals surface area contributed by atoms with Gasteiger partial charge in [-0.1, -0.05) is 17.0 Å². The summed E-state index contributed by atoms with van der Waals surface area (Å²) in [6, 6.07) is 9.98. The fraction of sp³-hybridized carbons (Fsp3) is 0.440. The number of hydrogen-bond donors (Lipinski definition) is 1. The van der Waals surface area contributed by atoms with Crippen molar-refractivity contribution in [2.24, 2.45) is 0 Å². The van der Waals surface area contributed by atoms with Gasteiger partial charge in [0.1, 0.15) is 17.6 Å². The Bertz CT molecular complexity index is 1050. The van der Waals surface area contributed by atoms with E-state index in [2.05, 4.69) is 38.8 Å². The number of aliphatic hydroxyl groups excluding tert-OH is 1. The van der Waals surface area contributed by atoms with Gasteiger partial charge in [0.25, 0.3) is 0 Å². The number of hydrogen-bond acceptors (Lipinski definition) is 6. The van der Waals surface area contributed by atoms with E-state index in [1.54, 1.807) is 13.1 Å². The van der Waals surface area contributed by atoms with E-state index in [9.17, 15) is 5.11 Å². The Labute approximate surface area is 189 Å². The van der Waals surface area contributed by atoms with Crippen molar-refractivity contribution in [2.45, 2.75) is 32.4 Å². The van der Waals surface area contributed by atoms with Crippen LogP contribution in [0.5, 0.6) is 0 Å². The second-order valence-electron chi connectivity index (χ2n) is 8.40. The van der Waals surface area contributed by atoms with E-state index in [0.717, 1.165) is 49.3 Å². The Morgan fingerprint density at radius 2 is 1.94 bits per heavy atom. The van der Waals surface area contributed by atoms with Crippen LogP contribution in [0.3, 0.4) is 0 Å². The number of likely N-dealkylation sites (N-methyl/N-ethyl adjacent to an activating group) is 1. The summed E-state index contributed by atoms with van der Waals surface area (Å²) in [7, 11) is 2.19. The lowest BCUT2D eigenvalue weighted by atomic mass is 10.1. The van der Waals surface area contributed by atoms with Crippen molar-refractivity contribution in [3.8, 4) is 23.2 Å². The SMILES string of the molecule is C[C@H](O)c1nccn1Cc1cc(-c2ccc(C#CCCCN3CCN(C)CC3)cc2)on1. The highest BCUT2D eigenvalue weighted by atomic mass is 16.5. The molecule has 168 valence electrons. The van der Waals surface area contributed by atoms with E-state index in [4.69, 9.17) is 4.52 Å². The molecule has 7 heteroatoms. The van der Waals surface area contributed by atoms with Gasteiger partial charge in [0.2, 0.25) is 0 Å². The minimum absolute atomic E-state index is 0.501. The van der Waals surface area contributed by atoms with E-state index in [1.807, 2.05) is 41.1 Å². The molecule has 1 aromatic carbocycles. The average molecular weight is 434 g/mol. The van der Waals surface area contributed by atoms with Crippen LogP contribution in [0, 0.1) is 11.8 Å². The molecule has 3 aromatic rings. The Hall–Kier alpha value is -2.92. The van der Waals surface area contributed by atoms with Gasteiger partial charge >= 0.3 is 0 Å². The zero-order valence-electron chi connectivity index (χ0n) is 18.9. The summed E-state index contributed by atoms with van der Waals surface area (Å²) >= 11 is 0. The largest absolute Gasteiger partial charge is 0.385 e. The van der Waals surface area contributed by atoms with Crippen LogP contribution in [0.1, 0.15) is 43.0 Å². The fourth-order valence-corrected chi connectivity index (χ4v) is 3.86. The van der Waals surface area contributed by atoms with Gasteiger partial charge in [0.15, 0.2) is 5.76 Å². The Morgan fingerprint density at radius 1 is 1.16 bits per heavy atom. The Kier molecular flexibility index (Phi) is 7.38. The van der Waals surface area contributed by atoms with Crippen LogP contribution in [0.15, 0.2) is 47.2 Å². The van der Waals surface area contributed by atoms with Gasteiger partial charge in [-0.15, -0.1) is 0 Å². The monoisotopic (exact) mass is 433 g/mol. The van der Waals surface area contributed by atoms with Crippen LogP contribution >= 0.6 is 0 Å². The number of benzene rings is 1. The normalized spacial score (nSPS) is 16.0. The van der Waals surface area contributed by atoms with Crippen LogP contribution in [-0.4, -0.2) is 69.4 Å². The van der Waals surface area contributed by atoms with Crippen LogP contribution in [-0.2, 0) is 6.54 Å². The maximum atomic E-state index is 9.80. The fourth-order valence-electron chi connectivity index (χ4n) is 3.86. The zero-order chi connectivity index (χ0) is 22.3. The second kappa shape index (κ2) is 10.6. The number of aromatic nitrogens is 3. The minimum Gasteiger partial charge on any atom is -0.385 e. The number of aliphatic hydroxyl groups is 1. The summed E-state index contributed by atoms with van der Waals surface area (Å²) in [5, 5.41) is 14.0. The molecule has 1 saturated heterocycles. The van der Waals surface area contributed by atoms with Gasteiger partial charge in [0, 0.05) is 62.2 Å². The molecule has 32 heavy (non-hydrogen) atoms. The molecule has 0 aliphatic carbocycles. The number of unbranched alkanes of at least 4 members (excludes halogenated alkanes) is 1. The summed E-state index contributed by atoms with van der Waals surface area (Å²) in [4.78, 5) is 9.10. The van der Waals surface area contributed by atoms with Crippen molar-refractivity contribution in [2.75, 3.05) is 39.8 Å². The minimum atomic E-state index is -0.628. The number of rotatable bonds is 7. The molecule has 0 radical (unpaired) electrons. The molecule has 0 bridgehead atoms. The molecule has 0 saturated carbocycles. The van der Waals surface area contributed by atoms with E-state index in [1.165, 1.54) is 13.1 Å². The molecule has 7 nitrogen and oxygen atoms in total. The average Bonchev–Trinajstić information content (AvgIpc) is 3.45. The van der Waals surface area contributed by atoms with Crippen molar-refractivity contribution in [1.82, 2.24) is 24.5 Å². The van der Waals surface area contributed by atoms with E-state index in [-0.39, 0.29) is 0 Å². The van der Waals surface area contributed by atoms with Gasteiger partial charge in [0.05, 0.1) is 6.54 Å². The van der Waals surface area contributed by atoms with Crippen molar-refractivity contribution in [3.63, 3.8) is 0 Å². The lowest BCUT2D eigenvalue weighted by molar-refractivity contribution is 0.153. The second-order valence-corrected chi connectivity index (χ2v) is 8.40. The first kappa shape index (κ1) is 22.3. The van der Waals surface area contributed by atoms with Crippen LogP contribution in [0.4, 0.5) is 0 Å². The van der Waals surface area contributed by atoms with Crippen LogP contribution < -0.4 is 0 Å². The van der Waals surface area contributed by atoms with Crippen LogP contribution in [0.2, 0.25) is 0 Å². The van der Waals surface area contributed by atoms with Crippen molar-refractivity contribution in [3.05, 3.63) is 59.8 Å². The lowest BCUT2D eigenvalue weighted by Gasteiger charge is -2.32. The maximum absolute atomic E-state index is 9.80. The topological polar surface area (TPSA) is 70.6 Å². The first-order valence-electron chi connectivity index (χ1n) is 11.2. The third-order valence-corrected chi connectivity index (χ3v) is 5.79. The van der Waals surface area contributed by atoms with Gasteiger partial charge in [-0.2, -0.15) is 0 Å². The third kappa shape index (κ3) is 5.86. The molecule has 0 unspecified atom stereocenters. The summed E-state index contributed by atoms with van der Waals surface area (Å²) in [5.74, 6) is 7.89. The summed E-state index contributed by atoms with van der Waals surface area (Å²) < 4.78 is 7.40. The molecule has 3 heterocycles. The Balaban J connectivity index is 1.28. The third-order valence-electron chi connectivity index (χ3n) is 5.79. The molecule has 1 atom stereocenters. The Morgan fingerprint density at radius 3 is 2.69 bits per heavy atom. The van der Waals surface area contributed by atoms with E-state index < -0.39 is 6.10 Å². The zero-order valence-corrected chi connectivity index (χ0v) is 18.9. The summed E-state index contributed by atoms with van der Waals surface area (Å²) in [5.41, 5.74) is 2.75. The summed E-state index contributed by atoms with van der Waals surface area (Å²) in [6.45, 7) is 7.99. The first-order valence-corrected chi connectivity index (χ1v) is 11.2. The van der Waals surface area contributed by atoms with E-state index >= 15 is 0 Å². The molecule has 1 fully saturated rings. The molecule has 1 aliphatic rings. The highest BCUT2D eigenvalue weighted by molar-refractivity contribution is 5.59. The molecular formula is C25H31N5O2. The molecule has 0 amide bonds. The maximum Gasteiger partial charge on any atom is 0.167 e. The van der Waals surface area contributed by atoms with Gasteiger partial charge in [-0.3, -0.25) is 0 Å². The standard InChI is InChI=1S/C25H31N5O2/c1-20(31)25-26-11-13-30(25)19-23-18-24(32-27-23)22-9-7-21(8-10-22)6-4-3-5-12-29-16-14-28(2)15-17-29/h7-11,13,18,20,31H,3,5,12,14-17,19H2,1-2H3/t20-/m0/s1. The molecule has 1 N–H and O–H groups in total. The molecule has 4 rings (SSSR count). The molecule has 0 spiro atoms. The summed E-state index contributed by atoms with van der Waals surface area (Å²) in [6.07, 6.45) is 4.91. The highest BCUT2D eigenvalue weighted by Gasteiger charge is 2.13. The van der Waals surface area contributed by atoms with Crippen molar-refractivity contribution in [1.29, 1.82) is 0 Å². The lowest BCUT2D eigenvalue weighted by Crippen LogP contribution is -2.44. The molecule has 1 aliphatic heterocycles. The molecular weight excluding hydrogens is 402 g/mol. The molecule has 2 aromatic heterocycles. The van der Waals surface area contributed by atoms with Gasteiger partial charge in [-0.25, -0.2) is 4.98 Å². The van der Waals surface area contributed by atoms with Crippen molar-refractivity contribution < 1.29 is 9.63 Å². The van der Waals surface area contributed by atoms with Gasteiger partial charge in [-0.05, 0) is 51.2 Å². The predicted octanol–water partition coefficient (Wildman–Crippen LogP) is 3.02. The number of imidazole rings is 1. The predicted molar refractivity (Wildman–Crippen MR) is 124 cm³/mol.